The molecule has 1 saturated heterocycles. The molecule has 0 amide bonds. The lowest BCUT2D eigenvalue weighted by molar-refractivity contribution is -0.325. The maximum atomic E-state index is 11.8. The zero-order valence-corrected chi connectivity index (χ0v) is 11.4. The van der Waals surface area contributed by atoms with Crippen LogP contribution in [0.1, 0.15) is 12.8 Å². The quantitative estimate of drug-likeness (QED) is 0.348. The molecule has 0 spiro atoms. The number of nitrogens with zero attached hydrogens (tertiary/aromatic N) is 2. The summed E-state index contributed by atoms with van der Waals surface area (Å²) in [6.45, 7) is 1.04. The van der Waals surface area contributed by atoms with E-state index in [0.717, 1.165) is 0 Å². The number of thioether (sulfide) groups is 1. The Labute approximate surface area is 113 Å². The summed E-state index contributed by atoms with van der Waals surface area (Å²) < 4.78 is 38.8. The average Bonchev–Trinajstić information content (AvgIpc) is 2.37. The van der Waals surface area contributed by atoms with Crippen LogP contribution in [-0.2, 0) is 4.74 Å². The summed E-state index contributed by atoms with van der Waals surface area (Å²) in [6, 6.07) is 0. The molecule has 0 aromatic carbocycles. The molecule has 0 atom stereocenters. The predicted molar refractivity (Wildman–Crippen MR) is 67.3 cm³/mol. The summed E-state index contributed by atoms with van der Waals surface area (Å²) in [7, 11) is 0. The van der Waals surface area contributed by atoms with Gasteiger partial charge in [0.1, 0.15) is 0 Å². The molecule has 1 rings (SSSR count). The first-order valence-electron chi connectivity index (χ1n) is 5.79. The Kier molecular flexibility index (Phi) is 5.75. The third-order valence-corrected chi connectivity index (χ3v) is 4.70. The van der Waals surface area contributed by atoms with Gasteiger partial charge in [-0.3, -0.25) is 4.74 Å². The second-order valence-corrected chi connectivity index (χ2v) is 5.51. The first kappa shape index (κ1) is 16.4. The molecule has 1 aliphatic heterocycles. The van der Waals surface area contributed by atoms with E-state index in [-0.39, 0.29) is 19.0 Å². The van der Waals surface area contributed by atoms with E-state index < -0.39 is 11.1 Å². The number of likely N-dealkylation sites (tertiary alicyclic amines) is 1. The van der Waals surface area contributed by atoms with E-state index >= 15 is 0 Å². The van der Waals surface area contributed by atoms with Crippen LogP contribution < -0.4 is 5.73 Å². The Hall–Kier alpha value is -0.670. The zero-order chi connectivity index (χ0) is 14.5. The van der Waals surface area contributed by atoms with Crippen molar-refractivity contribution in [1.82, 2.24) is 4.90 Å². The van der Waals surface area contributed by atoms with Crippen LogP contribution in [-0.4, -0.2) is 59.5 Å². The molecule has 5 nitrogen and oxygen atoms in total. The number of hydrogen-bond donors (Lipinski definition) is 2. The van der Waals surface area contributed by atoms with E-state index in [9.17, 15) is 13.2 Å². The largest absolute Gasteiger partial charge is 0.522 e. The fourth-order valence-electron chi connectivity index (χ4n) is 2.08. The number of amidine groups is 1. The van der Waals surface area contributed by atoms with Crippen LogP contribution in [0.2, 0.25) is 0 Å². The standard InChI is InChI=1S/C10H18F3N3O2S/c1-19-9(8(14)15-17)2-4-16(5-3-9)6-7-18-10(11,12)13/h17H,2-7H2,1H3,(H2,14,15). The van der Waals surface area contributed by atoms with Gasteiger partial charge in [-0.25, -0.2) is 0 Å². The van der Waals surface area contributed by atoms with Crippen molar-refractivity contribution in [2.45, 2.75) is 24.0 Å². The van der Waals surface area contributed by atoms with Crippen molar-refractivity contribution < 1.29 is 23.1 Å². The van der Waals surface area contributed by atoms with E-state index in [2.05, 4.69) is 9.89 Å². The molecule has 0 radical (unpaired) electrons. The fourth-order valence-corrected chi connectivity index (χ4v) is 2.93. The molecule has 0 aliphatic carbocycles. The molecular weight excluding hydrogens is 283 g/mol. The number of oxime groups is 1. The van der Waals surface area contributed by atoms with Crippen molar-refractivity contribution in [3.05, 3.63) is 0 Å². The first-order chi connectivity index (χ1) is 8.83. The molecule has 0 bridgehead atoms. The van der Waals surface area contributed by atoms with Gasteiger partial charge in [-0.15, -0.1) is 13.2 Å². The number of ether oxygens (including phenoxy) is 1. The van der Waals surface area contributed by atoms with Gasteiger partial charge < -0.3 is 15.8 Å². The average molecular weight is 301 g/mol. The van der Waals surface area contributed by atoms with Crippen molar-refractivity contribution in [3.8, 4) is 0 Å². The van der Waals surface area contributed by atoms with Crippen LogP contribution >= 0.6 is 11.8 Å². The van der Waals surface area contributed by atoms with Gasteiger partial charge in [0.05, 0.1) is 11.4 Å². The second kappa shape index (κ2) is 6.67. The molecule has 1 aliphatic rings. The molecule has 0 saturated carbocycles. The van der Waals surface area contributed by atoms with E-state index in [0.29, 0.717) is 25.9 Å². The molecule has 112 valence electrons. The van der Waals surface area contributed by atoms with E-state index in [1.807, 2.05) is 11.2 Å². The van der Waals surface area contributed by atoms with Crippen molar-refractivity contribution in [1.29, 1.82) is 0 Å². The van der Waals surface area contributed by atoms with Gasteiger partial charge in [0, 0.05) is 6.54 Å². The SMILES string of the molecule is CSC1(C(N)=NO)CCN(CCOC(F)(F)F)CC1. The summed E-state index contributed by atoms with van der Waals surface area (Å²) in [5.41, 5.74) is 5.68. The van der Waals surface area contributed by atoms with Gasteiger partial charge in [-0.05, 0) is 32.2 Å². The van der Waals surface area contributed by atoms with Gasteiger partial charge in [-0.2, -0.15) is 11.8 Å². The minimum atomic E-state index is -4.58. The van der Waals surface area contributed by atoms with Crippen LogP contribution in [0.5, 0.6) is 0 Å². The third-order valence-electron chi connectivity index (χ3n) is 3.30. The van der Waals surface area contributed by atoms with Gasteiger partial charge in [-0.1, -0.05) is 5.16 Å². The molecule has 3 N–H and O–H groups in total. The molecule has 9 heteroatoms. The van der Waals surface area contributed by atoms with Gasteiger partial charge in [0.15, 0.2) is 5.84 Å². The van der Waals surface area contributed by atoms with Crippen LogP contribution in [0.4, 0.5) is 13.2 Å². The lowest BCUT2D eigenvalue weighted by Crippen LogP contribution is -2.50. The van der Waals surface area contributed by atoms with E-state index in [4.69, 9.17) is 10.9 Å². The second-order valence-electron chi connectivity index (χ2n) is 4.32. The van der Waals surface area contributed by atoms with Crippen LogP contribution in [0.25, 0.3) is 0 Å². The number of rotatable bonds is 5. The maximum absolute atomic E-state index is 11.8. The number of alkyl halides is 3. The first-order valence-corrected chi connectivity index (χ1v) is 7.01. The summed E-state index contributed by atoms with van der Waals surface area (Å²) >= 11 is 1.50. The Balaban J connectivity index is 2.40. The summed E-state index contributed by atoms with van der Waals surface area (Å²) in [5.74, 6) is 0.172. The molecule has 0 aromatic heterocycles. The predicted octanol–water partition coefficient (Wildman–Crippen LogP) is 1.47. The van der Waals surface area contributed by atoms with Crippen LogP contribution in [0.15, 0.2) is 5.16 Å². The highest BCUT2D eigenvalue weighted by Crippen LogP contribution is 2.34. The highest BCUT2D eigenvalue weighted by molar-refractivity contribution is 8.00. The highest BCUT2D eigenvalue weighted by Gasteiger charge is 2.38. The topological polar surface area (TPSA) is 71.1 Å². The Morgan fingerprint density at radius 3 is 2.47 bits per heavy atom. The smallest absolute Gasteiger partial charge is 0.409 e. The van der Waals surface area contributed by atoms with Crippen molar-refractivity contribution in [3.63, 3.8) is 0 Å². The highest BCUT2D eigenvalue weighted by atomic mass is 32.2. The molecule has 19 heavy (non-hydrogen) atoms. The van der Waals surface area contributed by atoms with E-state index in [1.165, 1.54) is 11.8 Å². The minimum absolute atomic E-state index is 0.172. The van der Waals surface area contributed by atoms with Crippen molar-refractivity contribution >= 4 is 17.6 Å². The summed E-state index contributed by atoms with van der Waals surface area (Å²) in [6.07, 6.45) is -1.43. The number of piperidine rings is 1. The lowest BCUT2D eigenvalue weighted by atomic mass is 9.94. The van der Waals surface area contributed by atoms with Crippen LogP contribution in [0, 0.1) is 0 Å². The number of nitrogens with two attached hydrogens (primary N) is 1. The molecule has 0 unspecified atom stereocenters. The van der Waals surface area contributed by atoms with Crippen molar-refractivity contribution in [2.24, 2.45) is 10.9 Å². The Morgan fingerprint density at radius 1 is 1.47 bits per heavy atom. The van der Waals surface area contributed by atoms with Crippen LogP contribution in [0.3, 0.4) is 0 Å². The Morgan fingerprint density at radius 2 is 2.05 bits per heavy atom. The molecule has 1 heterocycles. The molecular formula is C10H18F3N3O2S. The lowest BCUT2D eigenvalue weighted by Gasteiger charge is -2.39. The maximum Gasteiger partial charge on any atom is 0.522 e. The Bertz CT molecular complexity index is 318. The normalized spacial score (nSPS) is 21.6. The van der Waals surface area contributed by atoms with Crippen molar-refractivity contribution in [2.75, 3.05) is 32.5 Å². The monoisotopic (exact) mass is 301 g/mol. The third kappa shape index (κ3) is 4.73. The molecule has 1 fully saturated rings. The van der Waals surface area contributed by atoms with E-state index in [1.54, 1.807) is 0 Å². The zero-order valence-electron chi connectivity index (χ0n) is 10.6. The van der Waals surface area contributed by atoms with Gasteiger partial charge in [0.25, 0.3) is 0 Å². The summed E-state index contributed by atoms with van der Waals surface area (Å²) in [5, 5.41) is 11.8. The van der Waals surface area contributed by atoms with Gasteiger partial charge in [0.2, 0.25) is 0 Å². The summed E-state index contributed by atoms with van der Waals surface area (Å²) in [4.78, 5) is 1.88. The number of hydrogen-bond acceptors (Lipinski definition) is 5. The van der Waals surface area contributed by atoms with Gasteiger partial charge >= 0.3 is 6.36 Å². The fraction of sp³-hybridized carbons (Fsp3) is 0.900. The minimum Gasteiger partial charge on any atom is -0.409 e. The number of halogens is 3. The molecule has 0 aromatic rings.